The summed E-state index contributed by atoms with van der Waals surface area (Å²) in [6.07, 6.45) is 1.11. The van der Waals surface area contributed by atoms with E-state index in [9.17, 15) is 0 Å². The zero-order chi connectivity index (χ0) is 12.3. The first-order valence-corrected chi connectivity index (χ1v) is 8.51. The van der Waals surface area contributed by atoms with E-state index in [1.165, 1.54) is 0 Å². The Morgan fingerprint density at radius 1 is 1.19 bits per heavy atom. The van der Waals surface area contributed by atoms with E-state index in [1.54, 1.807) is 7.11 Å². The molecule has 0 aromatic heterocycles. The molecule has 98 valence electrons. The van der Waals surface area contributed by atoms with Crippen molar-refractivity contribution in [1.82, 2.24) is 10.6 Å². The van der Waals surface area contributed by atoms with Gasteiger partial charge >= 0.3 is 8.56 Å². The lowest BCUT2D eigenvalue weighted by atomic mass is 10.5. The largest absolute Gasteiger partial charge is 0.398 e. The molecule has 0 aliphatic rings. The van der Waals surface area contributed by atoms with E-state index >= 15 is 0 Å². The Morgan fingerprint density at radius 3 is 2.44 bits per heavy atom. The van der Waals surface area contributed by atoms with Crippen LogP contribution in [0.4, 0.5) is 0 Å². The van der Waals surface area contributed by atoms with Gasteiger partial charge in [0.1, 0.15) is 0 Å². The number of hydrogen-bond acceptors (Lipinski definition) is 5. The molecule has 0 rings (SSSR count). The van der Waals surface area contributed by atoms with Crippen molar-refractivity contribution >= 4 is 8.56 Å². The van der Waals surface area contributed by atoms with E-state index in [2.05, 4.69) is 24.1 Å². The third kappa shape index (κ3) is 8.20. The Hall–Kier alpha value is 0.0169. The molecule has 6 heteroatoms. The van der Waals surface area contributed by atoms with Crippen LogP contribution in [-0.2, 0) is 8.85 Å². The molecule has 1 atom stereocenters. The highest BCUT2D eigenvalue weighted by Gasteiger charge is 2.28. The molecule has 1 unspecified atom stereocenters. The van der Waals surface area contributed by atoms with Crippen molar-refractivity contribution in [3.63, 3.8) is 0 Å². The van der Waals surface area contributed by atoms with Crippen LogP contribution in [0, 0.1) is 0 Å². The lowest BCUT2D eigenvalue weighted by Crippen LogP contribution is -2.41. The molecule has 0 aliphatic carbocycles. The molecule has 0 fully saturated rings. The van der Waals surface area contributed by atoms with Gasteiger partial charge in [-0.1, -0.05) is 13.3 Å². The van der Waals surface area contributed by atoms with Crippen LogP contribution in [0.3, 0.4) is 0 Å². The summed E-state index contributed by atoms with van der Waals surface area (Å²) in [5.74, 6) is 0. The van der Waals surface area contributed by atoms with Crippen LogP contribution in [0.15, 0.2) is 0 Å². The summed E-state index contributed by atoms with van der Waals surface area (Å²) in [5.41, 5.74) is 5.36. The Morgan fingerprint density at radius 2 is 1.88 bits per heavy atom. The first kappa shape index (κ1) is 16.0. The minimum atomic E-state index is -1.90. The molecule has 0 aliphatic heterocycles. The van der Waals surface area contributed by atoms with Gasteiger partial charge in [0.05, 0.1) is 6.73 Å². The third-order valence-electron chi connectivity index (χ3n) is 2.42. The fourth-order valence-electron chi connectivity index (χ4n) is 1.37. The van der Waals surface area contributed by atoms with E-state index in [0.29, 0.717) is 13.3 Å². The Labute approximate surface area is 100 Å². The lowest BCUT2D eigenvalue weighted by molar-refractivity contribution is 0.188. The van der Waals surface area contributed by atoms with Crippen LogP contribution in [0.5, 0.6) is 0 Å². The van der Waals surface area contributed by atoms with Crippen molar-refractivity contribution in [3.8, 4) is 0 Å². The number of nitrogens with two attached hydrogens (primary N) is 1. The van der Waals surface area contributed by atoms with Crippen molar-refractivity contribution in [2.24, 2.45) is 5.73 Å². The quantitative estimate of drug-likeness (QED) is 0.278. The van der Waals surface area contributed by atoms with Crippen LogP contribution in [-0.4, -0.2) is 48.6 Å². The molecule has 0 heterocycles. The molecule has 0 spiro atoms. The van der Waals surface area contributed by atoms with Crippen LogP contribution >= 0.6 is 0 Å². The monoisotopic (exact) mass is 249 g/mol. The van der Waals surface area contributed by atoms with Gasteiger partial charge in [-0.05, 0) is 12.6 Å². The zero-order valence-electron chi connectivity index (χ0n) is 10.8. The molecule has 0 saturated heterocycles. The Balaban J connectivity index is 3.41. The average Bonchev–Trinajstić information content (AvgIpc) is 2.28. The first-order chi connectivity index (χ1) is 7.68. The second kappa shape index (κ2) is 10.2. The average molecular weight is 249 g/mol. The van der Waals surface area contributed by atoms with Crippen LogP contribution in [0.25, 0.3) is 0 Å². The number of hydrogen-bond donors (Lipinski definition) is 3. The standard InChI is InChI=1S/C10H27N3O2Si/c1-4-9-16(3,14-2)15-10-13-8-7-12-6-5-11/h12-13H,4-11H2,1-3H3. The molecule has 0 saturated carbocycles. The number of rotatable bonds is 11. The van der Waals surface area contributed by atoms with Gasteiger partial charge in [-0.15, -0.1) is 0 Å². The second-order valence-electron chi connectivity index (χ2n) is 3.92. The summed E-state index contributed by atoms with van der Waals surface area (Å²) < 4.78 is 11.2. The third-order valence-corrected chi connectivity index (χ3v) is 5.44. The van der Waals surface area contributed by atoms with Crippen LogP contribution in [0.1, 0.15) is 13.3 Å². The topological polar surface area (TPSA) is 68.5 Å². The molecule has 16 heavy (non-hydrogen) atoms. The van der Waals surface area contributed by atoms with Gasteiger partial charge in [-0.3, -0.25) is 5.32 Å². The van der Waals surface area contributed by atoms with E-state index < -0.39 is 8.56 Å². The maximum atomic E-state index is 5.78. The van der Waals surface area contributed by atoms with Crippen molar-refractivity contribution in [3.05, 3.63) is 0 Å². The Bertz CT molecular complexity index is 163. The molecule has 5 nitrogen and oxygen atoms in total. The maximum absolute atomic E-state index is 5.78. The highest BCUT2D eigenvalue weighted by atomic mass is 28.4. The minimum absolute atomic E-state index is 0.570. The van der Waals surface area contributed by atoms with E-state index in [0.717, 1.165) is 32.1 Å². The van der Waals surface area contributed by atoms with Gasteiger partial charge in [0.2, 0.25) is 0 Å². The summed E-state index contributed by atoms with van der Waals surface area (Å²) in [6, 6.07) is 1.04. The summed E-state index contributed by atoms with van der Waals surface area (Å²) >= 11 is 0. The highest BCUT2D eigenvalue weighted by molar-refractivity contribution is 6.65. The molecule has 0 amide bonds. The zero-order valence-corrected chi connectivity index (χ0v) is 11.8. The van der Waals surface area contributed by atoms with E-state index in [4.69, 9.17) is 14.6 Å². The molecule has 4 N–H and O–H groups in total. The molecule has 0 aromatic carbocycles. The van der Waals surface area contributed by atoms with Gasteiger partial charge in [-0.2, -0.15) is 0 Å². The van der Waals surface area contributed by atoms with Gasteiger partial charge in [0.15, 0.2) is 0 Å². The van der Waals surface area contributed by atoms with E-state index in [-0.39, 0.29) is 0 Å². The molecular formula is C10H27N3O2Si. The van der Waals surface area contributed by atoms with Gasteiger partial charge in [0.25, 0.3) is 0 Å². The predicted molar refractivity (Wildman–Crippen MR) is 69.6 cm³/mol. The smallest absolute Gasteiger partial charge is 0.335 e. The normalized spacial score (nSPS) is 15.0. The summed E-state index contributed by atoms with van der Waals surface area (Å²) in [5, 5.41) is 6.43. The van der Waals surface area contributed by atoms with Crippen molar-refractivity contribution < 1.29 is 8.85 Å². The van der Waals surface area contributed by atoms with Crippen LogP contribution < -0.4 is 16.4 Å². The predicted octanol–water partition coefficient (Wildman–Crippen LogP) is 0.227. The van der Waals surface area contributed by atoms with Crippen molar-refractivity contribution in [2.45, 2.75) is 25.9 Å². The fraction of sp³-hybridized carbons (Fsp3) is 1.00. The maximum Gasteiger partial charge on any atom is 0.335 e. The fourth-order valence-corrected chi connectivity index (χ4v) is 3.15. The summed E-state index contributed by atoms with van der Waals surface area (Å²) in [6.45, 7) is 8.17. The lowest BCUT2D eigenvalue weighted by Gasteiger charge is -2.24. The number of nitrogens with one attached hydrogen (secondary N) is 2. The van der Waals surface area contributed by atoms with Gasteiger partial charge in [-0.25, -0.2) is 0 Å². The summed E-state index contributed by atoms with van der Waals surface area (Å²) in [7, 11) is -0.161. The Kier molecular flexibility index (Phi) is 10.2. The molecule has 0 bridgehead atoms. The van der Waals surface area contributed by atoms with Gasteiger partial charge in [0, 0.05) is 33.3 Å². The van der Waals surface area contributed by atoms with E-state index in [1.807, 2.05) is 0 Å². The minimum Gasteiger partial charge on any atom is -0.398 e. The molecule has 0 aromatic rings. The first-order valence-electron chi connectivity index (χ1n) is 5.99. The van der Waals surface area contributed by atoms with Gasteiger partial charge < -0.3 is 19.9 Å². The molecule has 0 radical (unpaired) electrons. The van der Waals surface area contributed by atoms with Crippen molar-refractivity contribution in [2.75, 3.05) is 40.0 Å². The SMILES string of the molecule is CCC[Si](C)(OC)OCNCCNCCN. The molecular weight excluding hydrogens is 222 g/mol. The second-order valence-corrected chi connectivity index (χ2v) is 7.38. The summed E-state index contributed by atoms with van der Waals surface area (Å²) in [4.78, 5) is 0. The highest BCUT2D eigenvalue weighted by Crippen LogP contribution is 2.13. The van der Waals surface area contributed by atoms with Crippen molar-refractivity contribution in [1.29, 1.82) is 0 Å². The van der Waals surface area contributed by atoms with Crippen LogP contribution in [0.2, 0.25) is 12.6 Å².